The molecule has 0 bridgehead atoms. The predicted octanol–water partition coefficient (Wildman–Crippen LogP) is 11.1. The van der Waals surface area contributed by atoms with E-state index in [-0.39, 0.29) is 5.41 Å². The zero-order valence-corrected chi connectivity index (χ0v) is 27.9. The van der Waals surface area contributed by atoms with Gasteiger partial charge in [0.05, 0.1) is 0 Å². The molecule has 4 aromatic rings. The summed E-state index contributed by atoms with van der Waals surface area (Å²) in [5.41, 5.74) is 8.39. The number of likely N-dealkylation sites (tertiary alicyclic amines) is 1. The topological polar surface area (TPSA) is 12.5 Å². The van der Waals surface area contributed by atoms with Gasteiger partial charge in [-0.2, -0.15) is 0 Å². The molecule has 236 valence electrons. The second kappa shape index (κ2) is 16.6. The van der Waals surface area contributed by atoms with E-state index in [0.29, 0.717) is 12.5 Å². The smallest absolute Gasteiger partial charge is 0.123 e. The SMILES string of the molecule is CCCCCCC(C)(C)c1ccc(C2CN(Cc3ccccc3)CCC2=CCCc2ccccc2)c(OCc2ccccc2)c1. The Balaban J connectivity index is 1.45. The highest BCUT2D eigenvalue weighted by Gasteiger charge is 2.29. The molecule has 2 nitrogen and oxygen atoms in total. The van der Waals surface area contributed by atoms with Crippen LogP contribution in [0.5, 0.6) is 5.75 Å². The van der Waals surface area contributed by atoms with Crippen LogP contribution in [-0.4, -0.2) is 18.0 Å². The standard InChI is InChI=1S/C43H53NO/c1-4-5-6-16-29-43(2,3)39-26-27-40(42(31-39)45-34-37-22-14-9-15-23-37)41-33-44(32-36-20-12-8-13-21-36)30-28-38(41)25-17-24-35-18-10-7-11-19-35/h7-15,18-23,25-27,31,41H,4-6,16-17,24,28-30,32-34H2,1-3H3. The Morgan fingerprint density at radius 2 is 1.44 bits per heavy atom. The van der Waals surface area contributed by atoms with Crippen LogP contribution >= 0.6 is 0 Å². The van der Waals surface area contributed by atoms with Gasteiger partial charge in [0.25, 0.3) is 0 Å². The average Bonchev–Trinajstić information content (AvgIpc) is 3.08. The number of aryl methyl sites for hydroxylation is 1. The molecule has 1 aliphatic heterocycles. The molecule has 1 aliphatic rings. The van der Waals surface area contributed by atoms with Crippen LogP contribution in [0, 0.1) is 0 Å². The van der Waals surface area contributed by atoms with Crippen LogP contribution in [0.4, 0.5) is 0 Å². The van der Waals surface area contributed by atoms with Crippen molar-refractivity contribution in [2.45, 2.75) is 96.6 Å². The lowest BCUT2D eigenvalue weighted by molar-refractivity contribution is 0.227. The molecule has 5 rings (SSSR count). The van der Waals surface area contributed by atoms with Gasteiger partial charge in [0, 0.05) is 31.1 Å². The number of rotatable bonds is 15. The summed E-state index contributed by atoms with van der Waals surface area (Å²) in [6.45, 7) is 10.8. The average molecular weight is 600 g/mol. The zero-order chi connectivity index (χ0) is 31.3. The molecule has 0 amide bonds. The summed E-state index contributed by atoms with van der Waals surface area (Å²) < 4.78 is 6.79. The first kappa shape index (κ1) is 32.8. The maximum Gasteiger partial charge on any atom is 0.123 e. The number of ether oxygens (including phenoxy) is 1. The number of hydrogen-bond acceptors (Lipinski definition) is 2. The van der Waals surface area contributed by atoms with Crippen molar-refractivity contribution in [1.82, 2.24) is 4.90 Å². The van der Waals surface area contributed by atoms with Gasteiger partial charge in [0.15, 0.2) is 0 Å². The fraction of sp³-hybridized carbons (Fsp3) is 0.395. The van der Waals surface area contributed by atoms with Crippen LogP contribution in [0.2, 0.25) is 0 Å². The van der Waals surface area contributed by atoms with Crippen LogP contribution in [-0.2, 0) is 25.0 Å². The number of unbranched alkanes of at least 4 members (excludes halogenated alkanes) is 3. The molecule has 0 radical (unpaired) electrons. The van der Waals surface area contributed by atoms with E-state index in [4.69, 9.17) is 4.74 Å². The van der Waals surface area contributed by atoms with Crippen LogP contribution in [0.1, 0.15) is 99.5 Å². The Hall–Kier alpha value is -3.62. The Morgan fingerprint density at radius 3 is 2.13 bits per heavy atom. The van der Waals surface area contributed by atoms with Gasteiger partial charge in [-0.05, 0) is 59.4 Å². The zero-order valence-electron chi connectivity index (χ0n) is 27.9. The van der Waals surface area contributed by atoms with Gasteiger partial charge in [-0.25, -0.2) is 0 Å². The summed E-state index contributed by atoms with van der Waals surface area (Å²) in [5.74, 6) is 1.37. The molecule has 1 heterocycles. The number of allylic oxidation sites excluding steroid dienone is 1. The van der Waals surface area contributed by atoms with Crippen LogP contribution in [0.3, 0.4) is 0 Å². The minimum atomic E-state index is 0.109. The molecule has 1 saturated heterocycles. The van der Waals surface area contributed by atoms with E-state index in [0.717, 1.165) is 44.6 Å². The first-order valence-electron chi connectivity index (χ1n) is 17.3. The van der Waals surface area contributed by atoms with Crippen molar-refractivity contribution in [2.75, 3.05) is 13.1 Å². The molecule has 2 heteroatoms. The quantitative estimate of drug-likeness (QED) is 0.0995. The van der Waals surface area contributed by atoms with Crippen molar-refractivity contribution in [1.29, 1.82) is 0 Å². The fourth-order valence-corrected chi connectivity index (χ4v) is 6.77. The van der Waals surface area contributed by atoms with E-state index < -0.39 is 0 Å². The summed E-state index contributed by atoms with van der Waals surface area (Å²) in [7, 11) is 0. The maximum atomic E-state index is 6.79. The maximum absolute atomic E-state index is 6.79. The third-order valence-corrected chi connectivity index (χ3v) is 9.60. The number of piperidine rings is 1. The molecular weight excluding hydrogens is 546 g/mol. The highest BCUT2D eigenvalue weighted by Crippen LogP contribution is 2.41. The molecule has 0 N–H and O–H groups in total. The lowest BCUT2D eigenvalue weighted by Crippen LogP contribution is -2.35. The molecule has 45 heavy (non-hydrogen) atoms. The number of hydrogen-bond donors (Lipinski definition) is 0. The Bertz CT molecular complexity index is 1460. The molecule has 1 atom stereocenters. The normalized spacial score (nSPS) is 16.6. The minimum absolute atomic E-state index is 0.109. The van der Waals surface area contributed by atoms with E-state index in [1.165, 1.54) is 59.9 Å². The van der Waals surface area contributed by atoms with Crippen molar-refractivity contribution in [3.63, 3.8) is 0 Å². The monoisotopic (exact) mass is 599 g/mol. The van der Waals surface area contributed by atoms with Crippen molar-refractivity contribution >= 4 is 0 Å². The summed E-state index contributed by atoms with van der Waals surface area (Å²) in [6, 6.07) is 39.6. The highest BCUT2D eigenvalue weighted by molar-refractivity contribution is 5.46. The lowest BCUT2D eigenvalue weighted by atomic mass is 9.78. The first-order chi connectivity index (χ1) is 22.0. The number of benzene rings is 4. The molecule has 1 unspecified atom stereocenters. The van der Waals surface area contributed by atoms with E-state index in [9.17, 15) is 0 Å². The second-order valence-electron chi connectivity index (χ2n) is 13.5. The third-order valence-electron chi connectivity index (χ3n) is 9.60. The molecule has 1 fully saturated rings. The fourth-order valence-electron chi connectivity index (χ4n) is 6.77. The summed E-state index contributed by atoms with van der Waals surface area (Å²) >= 11 is 0. The van der Waals surface area contributed by atoms with Gasteiger partial charge in [-0.15, -0.1) is 0 Å². The Kier molecular flexibility index (Phi) is 12.1. The molecule has 4 aromatic carbocycles. The first-order valence-corrected chi connectivity index (χ1v) is 17.3. The van der Waals surface area contributed by atoms with Gasteiger partial charge >= 0.3 is 0 Å². The number of nitrogens with zero attached hydrogens (tertiary/aromatic N) is 1. The minimum Gasteiger partial charge on any atom is -0.489 e. The largest absolute Gasteiger partial charge is 0.489 e. The van der Waals surface area contributed by atoms with Crippen LogP contribution < -0.4 is 4.74 Å². The van der Waals surface area contributed by atoms with E-state index in [1.54, 1.807) is 5.57 Å². The van der Waals surface area contributed by atoms with E-state index in [2.05, 4.69) is 141 Å². The van der Waals surface area contributed by atoms with E-state index in [1.807, 2.05) is 0 Å². The van der Waals surface area contributed by atoms with Crippen molar-refractivity contribution in [3.8, 4) is 5.75 Å². The van der Waals surface area contributed by atoms with Gasteiger partial charge in [-0.1, -0.05) is 161 Å². The van der Waals surface area contributed by atoms with Crippen molar-refractivity contribution < 1.29 is 4.74 Å². The second-order valence-corrected chi connectivity index (χ2v) is 13.5. The van der Waals surface area contributed by atoms with Crippen LogP contribution in [0.25, 0.3) is 0 Å². The molecule has 0 aliphatic carbocycles. The Morgan fingerprint density at radius 1 is 0.778 bits per heavy atom. The van der Waals surface area contributed by atoms with Gasteiger partial charge in [0.2, 0.25) is 0 Å². The lowest BCUT2D eigenvalue weighted by Gasteiger charge is -2.36. The summed E-state index contributed by atoms with van der Waals surface area (Å²) in [4.78, 5) is 2.64. The molecule has 0 spiro atoms. The predicted molar refractivity (Wildman–Crippen MR) is 191 cm³/mol. The summed E-state index contributed by atoms with van der Waals surface area (Å²) in [6.07, 6.45) is 12.2. The van der Waals surface area contributed by atoms with E-state index >= 15 is 0 Å². The van der Waals surface area contributed by atoms with Crippen molar-refractivity contribution in [3.05, 3.63) is 149 Å². The van der Waals surface area contributed by atoms with Crippen LogP contribution in [0.15, 0.2) is 121 Å². The molecular formula is C43H53NO. The molecule has 0 aromatic heterocycles. The van der Waals surface area contributed by atoms with Gasteiger partial charge in [-0.3, -0.25) is 4.90 Å². The van der Waals surface area contributed by atoms with Gasteiger partial charge < -0.3 is 4.74 Å². The van der Waals surface area contributed by atoms with Gasteiger partial charge in [0.1, 0.15) is 12.4 Å². The van der Waals surface area contributed by atoms with Crippen molar-refractivity contribution in [2.24, 2.45) is 0 Å². The summed E-state index contributed by atoms with van der Waals surface area (Å²) in [5, 5.41) is 0. The molecule has 0 saturated carbocycles. The Labute approximate surface area is 273 Å². The highest BCUT2D eigenvalue weighted by atomic mass is 16.5. The third kappa shape index (κ3) is 9.68.